The molecule has 0 saturated heterocycles. The molecule has 1 N–H and O–H groups in total. The molecule has 0 aliphatic heterocycles. The smallest absolute Gasteiger partial charge is 0.475 e. The van der Waals surface area contributed by atoms with Crippen LogP contribution in [0, 0.1) is 6.92 Å². The maximum Gasteiger partial charge on any atom is 0.475 e. The number of rotatable bonds is 8. The van der Waals surface area contributed by atoms with E-state index in [2.05, 4.69) is 21.6 Å². The summed E-state index contributed by atoms with van der Waals surface area (Å²) in [5.74, 6) is -0.426. The summed E-state index contributed by atoms with van der Waals surface area (Å²) in [6.07, 6.45) is -1.74. The first-order valence-corrected chi connectivity index (χ1v) is 11.7. The molecule has 0 fully saturated rings. The maximum atomic E-state index is 12.9. The molecule has 184 valence electrons. The van der Waals surface area contributed by atoms with E-state index in [1.807, 2.05) is 0 Å². The number of halogens is 3. The average Bonchev–Trinajstić information content (AvgIpc) is 3.39. The second-order valence-electron chi connectivity index (χ2n) is 7.92. The van der Waals surface area contributed by atoms with Gasteiger partial charge in [0.15, 0.2) is 0 Å². The van der Waals surface area contributed by atoms with Crippen molar-refractivity contribution >= 4 is 11.3 Å². The van der Waals surface area contributed by atoms with Crippen molar-refractivity contribution in [1.29, 1.82) is 0 Å². The number of nitrogens with zero attached hydrogens (tertiary/aromatic N) is 3. The van der Waals surface area contributed by atoms with E-state index >= 15 is 0 Å². The summed E-state index contributed by atoms with van der Waals surface area (Å²) in [5, 5.41) is 14.0. The average molecular weight is 506 g/mol. The molecule has 2 aromatic heterocycles. The Morgan fingerprint density at radius 3 is 2.51 bits per heavy atom. The van der Waals surface area contributed by atoms with Crippen molar-refractivity contribution < 1.29 is 27.6 Å². The van der Waals surface area contributed by atoms with E-state index in [9.17, 15) is 23.2 Å². The number of hydrogen-bond acceptors (Lipinski definition) is 7. The maximum absolute atomic E-state index is 12.9. The first kappa shape index (κ1) is 24.5. The molecule has 0 saturated carbocycles. The van der Waals surface area contributed by atoms with Crippen LogP contribution in [0.25, 0.3) is 22.0 Å². The fraction of sp³-hybridized carbons (Fsp3) is 0.292. The summed E-state index contributed by atoms with van der Waals surface area (Å²) in [6, 6.07) is 10.1. The Hall–Kier alpha value is -3.60. The molecular weight excluding hydrogens is 483 g/mol. The molecule has 11 heteroatoms. The van der Waals surface area contributed by atoms with E-state index in [0.29, 0.717) is 32.2 Å². The minimum atomic E-state index is -4.39. The highest BCUT2D eigenvalue weighted by molar-refractivity contribution is 7.15. The summed E-state index contributed by atoms with van der Waals surface area (Å²) >= 11 is 1.39. The number of ether oxygens (including phenoxy) is 1. The number of thiazole rings is 1. The molecule has 2 heterocycles. The number of unbranched alkanes of at least 4 members (excludes halogenated alkanes) is 1. The second-order valence-corrected chi connectivity index (χ2v) is 9.00. The minimum Gasteiger partial charge on any atom is -0.488 e. The number of alkyl halides is 3. The van der Waals surface area contributed by atoms with Gasteiger partial charge in [0.2, 0.25) is 5.82 Å². The van der Waals surface area contributed by atoms with Crippen LogP contribution in [-0.2, 0) is 19.2 Å². The van der Waals surface area contributed by atoms with Crippen molar-refractivity contribution in [1.82, 2.24) is 14.9 Å². The minimum absolute atomic E-state index is 0.00968. The van der Waals surface area contributed by atoms with Crippen LogP contribution in [0.2, 0.25) is 0 Å². The van der Waals surface area contributed by atoms with Gasteiger partial charge in [-0.25, -0.2) is 9.78 Å². The molecule has 0 amide bonds. The number of benzene rings is 2. The van der Waals surface area contributed by atoms with Crippen LogP contribution in [-0.4, -0.2) is 20.1 Å². The predicted molar refractivity (Wildman–Crippen MR) is 124 cm³/mol. The molecule has 0 unspecified atom stereocenters. The largest absolute Gasteiger partial charge is 0.488 e. The third kappa shape index (κ3) is 5.40. The van der Waals surface area contributed by atoms with Crippen molar-refractivity contribution in [3.8, 4) is 27.7 Å². The van der Waals surface area contributed by atoms with Crippen LogP contribution in [0.1, 0.15) is 41.5 Å². The van der Waals surface area contributed by atoms with Crippen LogP contribution in [0.5, 0.6) is 5.75 Å². The molecule has 4 rings (SSSR count). The van der Waals surface area contributed by atoms with Gasteiger partial charge in [-0.1, -0.05) is 35.4 Å². The zero-order valence-electron chi connectivity index (χ0n) is 18.9. The van der Waals surface area contributed by atoms with E-state index in [-0.39, 0.29) is 12.4 Å². The molecule has 0 bridgehead atoms. The number of aryl methyl sites for hydroxylation is 2. The topological polar surface area (TPSA) is 90.4 Å². The van der Waals surface area contributed by atoms with Gasteiger partial charge in [0.05, 0.1) is 16.1 Å². The second kappa shape index (κ2) is 9.95. The van der Waals surface area contributed by atoms with Gasteiger partial charge in [-0.2, -0.15) is 13.2 Å². The summed E-state index contributed by atoms with van der Waals surface area (Å²) in [4.78, 5) is 16.9. The fourth-order valence-corrected chi connectivity index (χ4v) is 4.52. The first-order valence-electron chi connectivity index (χ1n) is 10.9. The van der Waals surface area contributed by atoms with Gasteiger partial charge in [-0.15, -0.1) is 11.3 Å². The van der Waals surface area contributed by atoms with Crippen LogP contribution < -0.4 is 10.5 Å². The molecule has 2 aromatic carbocycles. The Labute approximate surface area is 202 Å². The lowest BCUT2D eigenvalue weighted by Crippen LogP contribution is -2.11. The van der Waals surface area contributed by atoms with Gasteiger partial charge < -0.3 is 9.94 Å². The van der Waals surface area contributed by atoms with Crippen LogP contribution in [0.4, 0.5) is 13.2 Å². The highest BCUT2D eigenvalue weighted by Gasteiger charge is 2.30. The molecule has 7 nitrogen and oxygen atoms in total. The standard InChI is InChI=1S/C24H22F3N3O4S/c1-3-4-5-19-20(35-22(28-19)15-6-8-16(9-7-15)24(25,26)27)13-33-17-10-11-18(14(2)12-17)21-29-34-23(31)30(21)32/h6-12,32H,3-5,13H2,1-2H3. The molecule has 0 aliphatic carbocycles. The van der Waals surface area contributed by atoms with Gasteiger partial charge in [0.1, 0.15) is 17.4 Å². The highest BCUT2D eigenvalue weighted by Crippen LogP contribution is 2.34. The molecule has 4 aromatic rings. The van der Waals surface area contributed by atoms with Crippen molar-refractivity contribution in [2.24, 2.45) is 0 Å². The van der Waals surface area contributed by atoms with E-state index in [0.717, 1.165) is 42.0 Å². The monoisotopic (exact) mass is 505 g/mol. The molecule has 0 atom stereocenters. The Morgan fingerprint density at radius 2 is 1.91 bits per heavy atom. The molecular formula is C24H22F3N3O4S. The van der Waals surface area contributed by atoms with E-state index < -0.39 is 17.5 Å². The van der Waals surface area contributed by atoms with Gasteiger partial charge in [-0.3, -0.25) is 4.52 Å². The summed E-state index contributed by atoms with van der Waals surface area (Å²) in [5.41, 5.74) is 2.01. The quantitative estimate of drug-likeness (QED) is 0.291. The highest BCUT2D eigenvalue weighted by atomic mass is 32.1. The Kier molecular flexibility index (Phi) is 6.97. The predicted octanol–water partition coefficient (Wildman–Crippen LogP) is 6.11. The van der Waals surface area contributed by atoms with Crippen molar-refractivity contribution in [2.45, 2.75) is 45.9 Å². The SMILES string of the molecule is CCCCc1nc(-c2ccc(C(F)(F)F)cc2)sc1COc1ccc(-c2noc(=O)n2O)c(C)c1. The first-order chi connectivity index (χ1) is 16.7. The normalized spacial score (nSPS) is 11.7. The number of hydrogen-bond donors (Lipinski definition) is 1. The van der Waals surface area contributed by atoms with Gasteiger partial charge in [0.25, 0.3) is 0 Å². The third-order valence-electron chi connectivity index (χ3n) is 5.40. The van der Waals surface area contributed by atoms with Crippen molar-refractivity contribution in [2.75, 3.05) is 0 Å². The van der Waals surface area contributed by atoms with Gasteiger partial charge >= 0.3 is 11.9 Å². The summed E-state index contributed by atoms with van der Waals surface area (Å²) in [6.45, 7) is 4.10. The Balaban J connectivity index is 1.54. The summed E-state index contributed by atoms with van der Waals surface area (Å²) in [7, 11) is 0. The van der Waals surface area contributed by atoms with Crippen molar-refractivity contribution in [3.63, 3.8) is 0 Å². The molecule has 0 spiro atoms. The van der Waals surface area contributed by atoms with Crippen LogP contribution in [0.15, 0.2) is 51.8 Å². The van der Waals surface area contributed by atoms with Gasteiger partial charge in [-0.05, 0) is 55.7 Å². The Bertz CT molecular complexity index is 1370. The van der Waals surface area contributed by atoms with E-state index in [1.54, 1.807) is 25.1 Å². The van der Waals surface area contributed by atoms with Crippen LogP contribution >= 0.6 is 11.3 Å². The van der Waals surface area contributed by atoms with Crippen molar-refractivity contribution in [3.05, 3.63) is 74.7 Å². The lowest BCUT2D eigenvalue weighted by atomic mass is 10.1. The zero-order valence-corrected chi connectivity index (χ0v) is 19.7. The Morgan fingerprint density at radius 1 is 1.17 bits per heavy atom. The lowest BCUT2D eigenvalue weighted by Gasteiger charge is -2.09. The number of aromatic nitrogens is 3. The zero-order chi connectivity index (χ0) is 25.2. The van der Waals surface area contributed by atoms with Gasteiger partial charge in [0, 0.05) is 11.1 Å². The third-order valence-corrected chi connectivity index (χ3v) is 6.52. The van der Waals surface area contributed by atoms with E-state index in [4.69, 9.17) is 4.74 Å². The summed E-state index contributed by atoms with van der Waals surface area (Å²) < 4.78 is 49.5. The molecule has 0 radical (unpaired) electrons. The fourth-order valence-electron chi connectivity index (χ4n) is 3.50. The molecule has 35 heavy (non-hydrogen) atoms. The van der Waals surface area contributed by atoms with Crippen LogP contribution in [0.3, 0.4) is 0 Å². The van der Waals surface area contributed by atoms with E-state index in [1.165, 1.54) is 23.5 Å². The lowest BCUT2D eigenvalue weighted by molar-refractivity contribution is -0.137. The molecule has 0 aliphatic rings.